The molecule has 0 aliphatic rings. The van der Waals surface area contributed by atoms with Crippen LogP contribution < -0.4 is 0 Å². The topological polar surface area (TPSA) is 65.0 Å². The molecule has 0 spiro atoms. The summed E-state index contributed by atoms with van der Waals surface area (Å²) in [6.07, 6.45) is -0.563. The minimum Gasteiger partial charge on any atom is -0.370 e. The summed E-state index contributed by atoms with van der Waals surface area (Å²) in [5.74, 6) is 0. The highest BCUT2D eigenvalue weighted by Gasteiger charge is 2.29. The summed E-state index contributed by atoms with van der Waals surface area (Å²) in [6, 6.07) is 0. The Morgan fingerprint density at radius 1 is 1.15 bits per heavy atom. The second kappa shape index (κ2) is 5.73. The molecule has 6 heteroatoms. The highest BCUT2D eigenvalue weighted by Crippen LogP contribution is 2.51. The maximum absolute atomic E-state index is 11.6. The van der Waals surface area contributed by atoms with Crippen molar-refractivity contribution in [3.8, 4) is 0 Å². The molecule has 0 aromatic heterocycles. The van der Waals surface area contributed by atoms with E-state index in [0.29, 0.717) is 0 Å². The fourth-order valence-electron chi connectivity index (χ4n) is 0.673. The van der Waals surface area contributed by atoms with Gasteiger partial charge in [-0.3, -0.25) is 13.6 Å². The molecular weight excluding hydrogens is 195 g/mol. The molecule has 0 fully saturated rings. The van der Waals surface area contributed by atoms with E-state index in [1.54, 1.807) is 27.7 Å². The molecule has 0 aromatic carbocycles. The molecular formula is C7H17O5P. The summed E-state index contributed by atoms with van der Waals surface area (Å²) in [4.78, 5) is 0. The standard InChI is InChI=1S/C7H17O5P/c1-6(2)11-13(9,10-5-8)12-7(3)4/h6-8H,5H2,1-4H3. The van der Waals surface area contributed by atoms with Gasteiger partial charge in [0.2, 0.25) is 0 Å². The number of phosphoric ester groups is 1. The Balaban J connectivity index is 4.25. The van der Waals surface area contributed by atoms with E-state index < -0.39 is 14.6 Å². The van der Waals surface area contributed by atoms with Crippen molar-refractivity contribution in [2.24, 2.45) is 0 Å². The first-order valence-electron chi connectivity index (χ1n) is 4.12. The Hall–Kier alpha value is 0.0700. The Kier molecular flexibility index (Phi) is 5.76. The monoisotopic (exact) mass is 212 g/mol. The van der Waals surface area contributed by atoms with Gasteiger partial charge in [-0.15, -0.1) is 0 Å². The second-order valence-corrected chi connectivity index (χ2v) is 4.59. The highest BCUT2D eigenvalue weighted by atomic mass is 31.2. The predicted molar refractivity (Wildman–Crippen MR) is 48.2 cm³/mol. The van der Waals surface area contributed by atoms with Crippen LogP contribution in [0, 0.1) is 0 Å². The van der Waals surface area contributed by atoms with Crippen LogP contribution >= 0.6 is 7.82 Å². The Labute approximate surface area is 78.6 Å². The van der Waals surface area contributed by atoms with Crippen molar-refractivity contribution in [2.75, 3.05) is 6.79 Å². The molecule has 0 bridgehead atoms. The third-order valence-electron chi connectivity index (χ3n) is 0.896. The number of hydrogen-bond acceptors (Lipinski definition) is 5. The summed E-state index contributed by atoms with van der Waals surface area (Å²) in [5.41, 5.74) is 0. The summed E-state index contributed by atoms with van der Waals surface area (Å²) in [5, 5.41) is 8.47. The third kappa shape index (κ3) is 6.18. The van der Waals surface area contributed by atoms with Crippen LogP contribution in [0.2, 0.25) is 0 Å². The fourth-order valence-corrected chi connectivity index (χ4v) is 2.02. The molecule has 0 saturated carbocycles. The van der Waals surface area contributed by atoms with Gasteiger partial charge in [-0.05, 0) is 27.7 Å². The molecule has 0 unspecified atom stereocenters. The van der Waals surface area contributed by atoms with Crippen molar-refractivity contribution in [2.45, 2.75) is 39.9 Å². The molecule has 0 amide bonds. The number of aliphatic hydroxyl groups excluding tert-OH is 1. The molecule has 0 atom stereocenters. The van der Waals surface area contributed by atoms with Gasteiger partial charge >= 0.3 is 7.82 Å². The van der Waals surface area contributed by atoms with Gasteiger partial charge in [-0.25, -0.2) is 4.57 Å². The molecule has 13 heavy (non-hydrogen) atoms. The van der Waals surface area contributed by atoms with Crippen molar-refractivity contribution in [1.29, 1.82) is 0 Å². The van der Waals surface area contributed by atoms with E-state index in [1.165, 1.54) is 0 Å². The first-order valence-corrected chi connectivity index (χ1v) is 5.58. The quantitative estimate of drug-likeness (QED) is 0.538. The van der Waals surface area contributed by atoms with Crippen LogP contribution in [0.5, 0.6) is 0 Å². The normalized spacial score (nSPS) is 12.8. The summed E-state index contributed by atoms with van der Waals surface area (Å²) in [7, 11) is -3.58. The first kappa shape index (κ1) is 13.1. The summed E-state index contributed by atoms with van der Waals surface area (Å²) in [6.45, 7) is 6.14. The molecule has 1 N–H and O–H groups in total. The molecule has 0 aliphatic carbocycles. The van der Waals surface area contributed by atoms with Crippen LogP contribution in [-0.2, 0) is 18.1 Å². The van der Waals surface area contributed by atoms with Crippen molar-refractivity contribution in [1.82, 2.24) is 0 Å². The lowest BCUT2D eigenvalue weighted by Gasteiger charge is -2.20. The van der Waals surface area contributed by atoms with Gasteiger partial charge in [0, 0.05) is 0 Å². The van der Waals surface area contributed by atoms with Crippen molar-refractivity contribution in [3.63, 3.8) is 0 Å². The molecule has 0 saturated heterocycles. The fraction of sp³-hybridized carbons (Fsp3) is 1.00. The van der Waals surface area contributed by atoms with Crippen molar-refractivity contribution in [3.05, 3.63) is 0 Å². The predicted octanol–water partition coefficient (Wildman–Crippen LogP) is 1.91. The van der Waals surface area contributed by atoms with E-state index in [-0.39, 0.29) is 12.2 Å². The summed E-state index contributed by atoms with van der Waals surface area (Å²) < 4.78 is 26.0. The van der Waals surface area contributed by atoms with Crippen LogP contribution in [0.15, 0.2) is 0 Å². The van der Waals surface area contributed by atoms with Crippen LogP contribution in [0.25, 0.3) is 0 Å². The van der Waals surface area contributed by atoms with Gasteiger partial charge in [0.15, 0.2) is 6.79 Å². The first-order chi connectivity index (χ1) is 5.89. The molecule has 0 aliphatic heterocycles. The summed E-state index contributed by atoms with van der Waals surface area (Å²) >= 11 is 0. The van der Waals surface area contributed by atoms with Gasteiger partial charge in [-0.1, -0.05) is 0 Å². The van der Waals surface area contributed by atoms with E-state index in [0.717, 1.165) is 0 Å². The molecule has 0 radical (unpaired) electrons. The lowest BCUT2D eigenvalue weighted by atomic mass is 10.5. The maximum atomic E-state index is 11.6. The number of aliphatic hydroxyl groups is 1. The zero-order valence-electron chi connectivity index (χ0n) is 8.39. The molecule has 80 valence electrons. The highest BCUT2D eigenvalue weighted by molar-refractivity contribution is 7.48. The molecule has 0 heterocycles. The van der Waals surface area contributed by atoms with Crippen molar-refractivity contribution < 1.29 is 23.2 Å². The van der Waals surface area contributed by atoms with Gasteiger partial charge in [-0.2, -0.15) is 0 Å². The van der Waals surface area contributed by atoms with Crippen LogP contribution in [-0.4, -0.2) is 24.1 Å². The second-order valence-electron chi connectivity index (χ2n) is 3.01. The number of rotatable bonds is 6. The average molecular weight is 212 g/mol. The Morgan fingerprint density at radius 2 is 1.54 bits per heavy atom. The van der Waals surface area contributed by atoms with Crippen LogP contribution in [0.3, 0.4) is 0 Å². The minimum atomic E-state index is -3.58. The van der Waals surface area contributed by atoms with E-state index in [1.807, 2.05) is 0 Å². The van der Waals surface area contributed by atoms with Crippen LogP contribution in [0.1, 0.15) is 27.7 Å². The Morgan fingerprint density at radius 3 is 1.77 bits per heavy atom. The zero-order chi connectivity index (χ0) is 10.5. The molecule has 0 aromatic rings. The third-order valence-corrected chi connectivity index (χ3v) is 2.69. The molecule has 0 rings (SSSR count). The van der Waals surface area contributed by atoms with Gasteiger partial charge in [0.1, 0.15) is 0 Å². The zero-order valence-corrected chi connectivity index (χ0v) is 9.28. The number of phosphoric acid groups is 1. The van der Waals surface area contributed by atoms with E-state index in [2.05, 4.69) is 4.52 Å². The average Bonchev–Trinajstić information content (AvgIpc) is 1.81. The van der Waals surface area contributed by atoms with E-state index in [9.17, 15) is 4.57 Å². The van der Waals surface area contributed by atoms with E-state index >= 15 is 0 Å². The SMILES string of the molecule is CC(C)OP(=O)(OCO)OC(C)C. The van der Waals surface area contributed by atoms with Crippen LogP contribution in [0.4, 0.5) is 0 Å². The molecule has 5 nitrogen and oxygen atoms in total. The maximum Gasteiger partial charge on any atom is 0.477 e. The minimum absolute atomic E-state index is 0.281. The largest absolute Gasteiger partial charge is 0.477 e. The van der Waals surface area contributed by atoms with Gasteiger partial charge in [0.05, 0.1) is 12.2 Å². The van der Waals surface area contributed by atoms with Crippen molar-refractivity contribution >= 4 is 7.82 Å². The smallest absolute Gasteiger partial charge is 0.370 e. The lowest BCUT2D eigenvalue weighted by molar-refractivity contribution is 0.0184. The van der Waals surface area contributed by atoms with E-state index in [4.69, 9.17) is 14.2 Å². The van der Waals surface area contributed by atoms with Gasteiger partial charge < -0.3 is 5.11 Å². The number of hydrogen-bond donors (Lipinski definition) is 1. The lowest BCUT2D eigenvalue weighted by Crippen LogP contribution is -2.10. The van der Waals surface area contributed by atoms with Gasteiger partial charge in [0.25, 0.3) is 0 Å². The Bertz CT molecular complexity index is 166.